The first-order valence-corrected chi connectivity index (χ1v) is 8.03. The molecule has 1 aliphatic rings. The van der Waals surface area contributed by atoms with Crippen molar-refractivity contribution >= 4 is 5.91 Å². The number of aliphatic hydroxyl groups is 1. The zero-order valence-electron chi connectivity index (χ0n) is 13.8. The molecular weight excluding hydrogens is 308 g/mol. The molecule has 1 unspecified atom stereocenters. The lowest BCUT2D eigenvalue weighted by Gasteiger charge is -2.39. The molecule has 1 saturated heterocycles. The van der Waals surface area contributed by atoms with E-state index >= 15 is 0 Å². The Hall–Kier alpha value is -2.25. The van der Waals surface area contributed by atoms with Crippen LogP contribution in [-0.2, 0) is 17.9 Å². The lowest BCUT2D eigenvalue weighted by Crippen LogP contribution is -2.52. The van der Waals surface area contributed by atoms with Crippen LogP contribution in [0.25, 0.3) is 0 Å². The van der Waals surface area contributed by atoms with Crippen molar-refractivity contribution in [2.75, 3.05) is 20.2 Å². The molecule has 1 aliphatic heterocycles. The minimum absolute atomic E-state index is 0.0651. The Morgan fingerprint density at radius 1 is 1.46 bits per heavy atom. The predicted molar refractivity (Wildman–Crippen MR) is 87.3 cm³/mol. The van der Waals surface area contributed by atoms with Crippen LogP contribution in [-0.4, -0.2) is 56.7 Å². The lowest BCUT2D eigenvalue weighted by molar-refractivity contribution is -0.0387. The molecule has 7 nitrogen and oxygen atoms in total. The number of rotatable bonds is 5. The van der Waals surface area contributed by atoms with Crippen LogP contribution in [0.15, 0.2) is 36.7 Å². The van der Waals surface area contributed by atoms with Gasteiger partial charge >= 0.3 is 0 Å². The van der Waals surface area contributed by atoms with Crippen LogP contribution in [0.1, 0.15) is 28.8 Å². The third kappa shape index (κ3) is 3.80. The van der Waals surface area contributed by atoms with Crippen molar-refractivity contribution in [3.63, 3.8) is 0 Å². The summed E-state index contributed by atoms with van der Waals surface area (Å²) in [5.41, 5.74) is 0.596. The predicted octanol–water partition coefficient (Wildman–Crippen LogP) is 1.09. The molecule has 1 fully saturated rings. The van der Waals surface area contributed by atoms with Gasteiger partial charge in [-0.3, -0.25) is 4.79 Å². The maximum atomic E-state index is 12.8. The molecule has 0 aliphatic carbocycles. The molecule has 2 heterocycles. The quantitative estimate of drug-likeness (QED) is 0.888. The highest BCUT2D eigenvalue weighted by atomic mass is 16.5. The highest BCUT2D eigenvalue weighted by Crippen LogP contribution is 2.24. The Balaban J connectivity index is 1.71. The van der Waals surface area contributed by atoms with Crippen LogP contribution in [0.5, 0.6) is 0 Å². The SMILES string of the molecule is COCc1cccc(C(=O)N2CCCC(O)(Cn3ccnn3)C2)c1. The van der Waals surface area contributed by atoms with Crippen molar-refractivity contribution in [3.05, 3.63) is 47.8 Å². The van der Waals surface area contributed by atoms with E-state index in [2.05, 4.69) is 10.3 Å². The van der Waals surface area contributed by atoms with E-state index in [4.69, 9.17) is 4.74 Å². The number of carbonyl (C=O) groups excluding carboxylic acids is 1. The smallest absolute Gasteiger partial charge is 0.253 e. The number of amides is 1. The van der Waals surface area contributed by atoms with Crippen LogP contribution in [0, 0.1) is 0 Å². The summed E-state index contributed by atoms with van der Waals surface area (Å²) in [5.74, 6) is -0.0651. The fourth-order valence-corrected chi connectivity index (χ4v) is 3.18. The second-order valence-electron chi connectivity index (χ2n) is 6.29. The van der Waals surface area contributed by atoms with E-state index in [9.17, 15) is 9.90 Å². The molecule has 1 atom stereocenters. The number of benzene rings is 1. The Labute approximate surface area is 140 Å². The highest BCUT2D eigenvalue weighted by molar-refractivity contribution is 5.94. The Bertz CT molecular complexity index is 689. The Morgan fingerprint density at radius 2 is 2.33 bits per heavy atom. The molecule has 1 aromatic heterocycles. The summed E-state index contributed by atoms with van der Waals surface area (Å²) >= 11 is 0. The number of ether oxygens (including phenoxy) is 1. The summed E-state index contributed by atoms with van der Waals surface area (Å²) in [6.45, 7) is 1.74. The first-order valence-electron chi connectivity index (χ1n) is 8.03. The van der Waals surface area contributed by atoms with Crippen LogP contribution in [0.4, 0.5) is 0 Å². The van der Waals surface area contributed by atoms with Gasteiger partial charge in [-0.2, -0.15) is 0 Å². The van der Waals surface area contributed by atoms with Gasteiger partial charge < -0.3 is 14.7 Å². The van der Waals surface area contributed by atoms with Crippen molar-refractivity contribution in [3.8, 4) is 0 Å². The lowest BCUT2D eigenvalue weighted by atomic mass is 9.92. The summed E-state index contributed by atoms with van der Waals surface area (Å²) in [7, 11) is 1.63. The molecule has 0 spiro atoms. The third-order valence-corrected chi connectivity index (χ3v) is 4.26. The number of aromatic nitrogens is 3. The molecule has 7 heteroatoms. The van der Waals surface area contributed by atoms with Crippen molar-refractivity contribution < 1.29 is 14.6 Å². The van der Waals surface area contributed by atoms with Gasteiger partial charge in [-0.15, -0.1) is 5.10 Å². The van der Waals surface area contributed by atoms with Gasteiger partial charge in [0.25, 0.3) is 5.91 Å². The van der Waals surface area contributed by atoms with E-state index < -0.39 is 5.60 Å². The molecule has 0 saturated carbocycles. The molecule has 1 aromatic carbocycles. The first kappa shape index (κ1) is 16.6. The molecule has 24 heavy (non-hydrogen) atoms. The standard InChI is InChI=1S/C17H22N4O3/c1-24-11-14-4-2-5-15(10-14)16(22)20-8-3-6-17(23,12-20)13-21-9-7-18-19-21/h2,4-5,7,9-10,23H,3,6,8,11-13H2,1H3. The van der Waals surface area contributed by atoms with E-state index in [1.807, 2.05) is 18.2 Å². The normalized spacial score (nSPS) is 21.0. The molecule has 2 aromatic rings. The summed E-state index contributed by atoms with van der Waals surface area (Å²) < 4.78 is 6.72. The van der Waals surface area contributed by atoms with Crippen molar-refractivity contribution in [1.82, 2.24) is 19.9 Å². The number of hydrogen-bond acceptors (Lipinski definition) is 5. The van der Waals surface area contributed by atoms with Gasteiger partial charge in [-0.25, -0.2) is 4.68 Å². The monoisotopic (exact) mass is 330 g/mol. The van der Waals surface area contributed by atoms with Gasteiger partial charge in [-0.05, 0) is 30.5 Å². The van der Waals surface area contributed by atoms with Crippen molar-refractivity contribution in [2.24, 2.45) is 0 Å². The van der Waals surface area contributed by atoms with Gasteiger partial charge in [-0.1, -0.05) is 17.3 Å². The highest BCUT2D eigenvalue weighted by Gasteiger charge is 2.36. The van der Waals surface area contributed by atoms with Crippen molar-refractivity contribution in [2.45, 2.75) is 31.6 Å². The number of nitrogens with zero attached hydrogens (tertiary/aromatic N) is 4. The largest absolute Gasteiger partial charge is 0.386 e. The maximum Gasteiger partial charge on any atom is 0.253 e. The van der Waals surface area contributed by atoms with E-state index in [0.717, 1.165) is 12.0 Å². The zero-order valence-corrected chi connectivity index (χ0v) is 13.8. The molecule has 1 N–H and O–H groups in total. The molecule has 0 bridgehead atoms. The van der Waals surface area contributed by atoms with E-state index in [1.165, 1.54) is 0 Å². The van der Waals surface area contributed by atoms with Gasteiger partial charge in [0.1, 0.15) is 5.60 Å². The second-order valence-corrected chi connectivity index (χ2v) is 6.29. The summed E-state index contributed by atoms with van der Waals surface area (Å²) in [4.78, 5) is 14.5. The number of carbonyl (C=O) groups is 1. The van der Waals surface area contributed by atoms with Gasteiger partial charge in [0.2, 0.25) is 0 Å². The van der Waals surface area contributed by atoms with Gasteiger partial charge in [0.05, 0.1) is 25.9 Å². The van der Waals surface area contributed by atoms with Crippen LogP contribution in [0.3, 0.4) is 0 Å². The molecule has 1 amide bonds. The fraction of sp³-hybridized carbons (Fsp3) is 0.471. The average Bonchev–Trinajstić information content (AvgIpc) is 3.07. The fourth-order valence-electron chi connectivity index (χ4n) is 3.18. The maximum absolute atomic E-state index is 12.8. The number of methoxy groups -OCH3 is 1. The van der Waals surface area contributed by atoms with Crippen LogP contribution >= 0.6 is 0 Å². The topological polar surface area (TPSA) is 80.5 Å². The Morgan fingerprint density at radius 3 is 3.08 bits per heavy atom. The second kappa shape index (κ2) is 7.11. The molecular formula is C17H22N4O3. The number of likely N-dealkylation sites (tertiary alicyclic amines) is 1. The summed E-state index contributed by atoms with van der Waals surface area (Å²) in [6.07, 6.45) is 4.69. The number of β-amino-alcohol motifs (C(OH)–C–C–N with tert-alkyl or cyclic N) is 1. The molecule has 3 rings (SSSR count). The Kier molecular flexibility index (Phi) is 4.92. The number of piperidine rings is 1. The van der Waals surface area contributed by atoms with Crippen molar-refractivity contribution in [1.29, 1.82) is 0 Å². The van der Waals surface area contributed by atoms with E-state index in [0.29, 0.717) is 38.2 Å². The summed E-state index contributed by atoms with van der Waals surface area (Å²) in [5, 5.41) is 18.5. The minimum Gasteiger partial charge on any atom is -0.386 e. The van der Waals surface area contributed by atoms with Crippen LogP contribution in [0.2, 0.25) is 0 Å². The molecule has 0 radical (unpaired) electrons. The number of hydrogen-bond donors (Lipinski definition) is 1. The average molecular weight is 330 g/mol. The first-order chi connectivity index (χ1) is 11.6. The molecule has 128 valence electrons. The van der Waals surface area contributed by atoms with E-state index in [1.54, 1.807) is 35.2 Å². The minimum atomic E-state index is -0.980. The zero-order chi connectivity index (χ0) is 17.0. The van der Waals surface area contributed by atoms with Gasteiger partial charge in [0.15, 0.2) is 0 Å². The van der Waals surface area contributed by atoms with Gasteiger partial charge in [0, 0.05) is 25.4 Å². The summed E-state index contributed by atoms with van der Waals surface area (Å²) in [6, 6.07) is 7.42. The van der Waals surface area contributed by atoms with E-state index in [-0.39, 0.29) is 5.91 Å². The third-order valence-electron chi connectivity index (χ3n) is 4.26. The van der Waals surface area contributed by atoms with Crippen LogP contribution < -0.4 is 0 Å².